The van der Waals surface area contributed by atoms with Gasteiger partial charge < -0.3 is 15.8 Å². The summed E-state index contributed by atoms with van der Waals surface area (Å²) in [5, 5.41) is 2.67. The normalized spacial score (nSPS) is 9.83. The summed E-state index contributed by atoms with van der Waals surface area (Å²) in [6.07, 6.45) is 3.01. The quantitative estimate of drug-likeness (QED) is 0.849. The molecule has 0 radical (unpaired) electrons. The average Bonchev–Trinajstić information content (AvgIpc) is 2.40. The number of nitrogens with zero attached hydrogens (tertiary/aromatic N) is 2. The minimum absolute atomic E-state index is 0.273. The van der Waals surface area contributed by atoms with Gasteiger partial charge in [0.15, 0.2) is 0 Å². The SMILES string of the molecule is COc1ncccc1NC(=O)c1ccc(N)cn1. The Kier molecular flexibility index (Phi) is 3.38. The summed E-state index contributed by atoms with van der Waals surface area (Å²) in [6, 6.07) is 6.56. The van der Waals surface area contributed by atoms with Crippen LogP contribution in [0.15, 0.2) is 36.7 Å². The Balaban J connectivity index is 2.18. The molecule has 6 heteroatoms. The monoisotopic (exact) mass is 244 g/mol. The van der Waals surface area contributed by atoms with Crippen molar-refractivity contribution in [2.24, 2.45) is 0 Å². The van der Waals surface area contributed by atoms with Crippen molar-refractivity contribution in [1.82, 2.24) is 9.97 Å². The number of ether oxygens (including phenoxy) is 1. The van der Waals surface area contributed by atoms with E-state index in [1.165, 1.54) is 13.3 Å². The van der Waals surface area contributed by atoms with Crippen molar-refractivity contribution >= 4 is 17.3 Å². The molecule has 92 valence electrons. The zero-order valence-electron chi connectivity index (χ0n) is 9.75. The molecule has 0 bridgehead atoms. The molecule has 2 rings (SSSR count). The second-order valence-corrected chi connectivity index (χ2v) is 3.49. The number of amides is 1. The summed E-state index contributed by atoms with van der Waals surface area (Å²) < 4.78 is 5.03. The molecule has 2 aromatic heterocycles. The van der Waals surface area contributed by atoms with Crippen LogP contribution in [-0.2, 0) is 0 Å². The highest BCUT2D eigenvalue weighted by Gasteiger charge is 2.10. The first-order valence-corrected chi connectivity index (χ1v) is 5.22. The molecule has 0 aliphatic carbocycles. The minimum atomic E-state index is -0.346. The molecule has 0 unspecified atom stereocenters. The fourth-order valence-electron chi connectivity index (χ4n) is 1.37. The fourth-order valence-corrected chi connectivity index (χ4v) is 1.37. The molecule has 0 atom stereocenters. The van der Waals surface area contributed by atoms with E-state index in [9.17, 15) is 4.79 Å². The lowest BCUT2D eigenvalue weighted by Gasteiger charge is -2.08. The lowest BCUT2D eigenvalue weighted by Crippen LogP contribution is -2.14. The number of aromatic nitrogens is 2. The van der Waals surface area contributed by atoms with Gasteiger partial charge in [-0.15, -0.1) is 0 Å². The minimum Gasteiger partial charge on any atom is -0.480 e. The molecular formula is C12H12N4O2. The van der Waals surface area contributed by atoms with Crippen molar-refractivity contribution in [2.75, 3.05) is 18.2 Å². The predicted molar refractivity (Wildman–Crippen MR) is 67.4 cm³/mol. The fraction of sp³-hybridized carbons (Fsp3) is 0.0833. The maximum Gasteiger partial charge on any atom is 0.274 e. The maximum atomic E-state index is 11.9. The van der Waals surface area contributed by atoms with Crippen molar-refractivity contribution < 1.29 is 9.53 Å². The molecule has 0 spiro atoms. The van der Waals surface area contributed by atoms with Crippen LogP contribution in [0.3, 0.4) is 0 Å². The Bertz CT molecular complexity index is 554. The highest BCUT2D eigenvalue weighted by atomic mass is 16.5. The summed E-state index contributed by atoms with van der Waals surface area (Å²) in [6.45, 7) is 0. The summed E-state index contributed by atoms with van der Waals surface area (Å²) >= 11 is 0. The summed E-state index contributed by atoms with van der Waals surface area (Å²) in [7, 11) is 1.49. The number of pyridine rings is 2. The van der Waals surface area contributed by atoms with Crippen LogP contribution in [0.4, 0.5) is 11.4 Å². The number of carbonyl (C=O) groups is 1. The van der Waals surface area contributed by atoms with Gasteiger partial charge in [0, 0.05) is 6.20 Å². The molecule has 18 heavy (non-hydrogen) atoms. The molecule has 2 heterocycles. The van der Waals surface area contributed by atoms with E-state index in [0.717, 1.165) is 0 Å². The van der Waals surface area contributed by atoms with E-state index in [1.807, 2.05) is 0 Å². The van der Waals surface area contributed by atoms with Crippen molar-refractivity contribution in [3.8, 4) is 5.88 Å². The van der Waals surface area contributed by atoms with Gasteiger partial charge in [-0.05, 0) is 24.3 Å². The lowest BCUT2D eigenvalue weighted by molar-refractivity contribution is 0.102. The van der Waals surface area contributed by atoms with E-state index in [-0.39, 0.29) is 11.6 Å². The zero-order chi connectivity index (χ0) is 13.0. The largest absolute Gasteiger partial charge is 0.480 e. The van der Waals surface area contributed by atoms with Crippen LogP contribution in [0.25, 0.3) is 0 Å². The van der Waals surface area contributed by atoms with Crippen LogP contribution in [0, 0.1) is 0 Å². The number of nitrogens with one attached hydrogen (secondary N) is 1. The molecule has 0 aliphatic rings. The van der Waals surface area contributed by atoms with Crippen molar-refractivity contribution in [2.45, 2.75) is 0 Å². The first kappa shape index (κ1) is 11.8. The number of nitrogens with two attached hydrogens (primary N) is 1. The molecular weight excluding hydrogens is 232 g/mol. The van der Waals surface area contributed by atoms with Crippen LogP contribution in [0.2, 0.25) is 0 Å². The van der Waals surface area contributed by atoms with Crippen LogP contribution >= 0.6 is 0 Å². The van der Waals surface area contributed by atoms with Gasteiger partial charge >= 0.3 is 0 Å². The van der Waals surface area contributed by atoms with E-state index in [4.69, 9.17) is 10.5 Å². The smallest absolute Gasteiger partial charge is 0.274 e. The first-order valence-electron chi connectivity index (χ1n) is 5.22. The Labute approximate surface area is 104 Å². The topological polar surface area (TPSA) is 90.1 Å². The molecule has 1 amide bonds. The van der Waals surface area contributed by atoms with Crippen LogP contribution in [0.5, 0.6) is 5.88 Å². The van der Waals surface area contributed by atoms with E-state index >= 15 is 0 Å². The van der Waals surface area contributed by atoms with Crippen LogP contribution in [-0.4, -0.2) is 23.0 Å². The zero-order valence-corrected chi connectivity index (χ0v) is 9.75. The van der Waals surface area contributed by atoms with Crippen molar-refractivity contribution in [3.05, 3.63) is 42.4 Å². The Hall–Kier alpha value is -2.63. The third-order valence-corrected chi connectivity index (χ3v) is 2.23. The highest BCUT2D eigenvalue weighted by Crippen LogP contribution is 2.20. The summed E-state index contributed by atoms with van der Waals surface area (Å²) in [5.41, 5.74) is 6.77. The van der Waals surface area contributed by atoms with Gasteiger partial charge in [0.1, 0.15) is 11.4 Å². The highest BCUT2D eigenvalue weighted by molar-refractivity contribution is 6.03. The number of hydrogen-bond acceptors (Lipinski definition) is 5. The third-order valence-electron chi connectivity index (χ3n) is 2.23. The van der Waals surface area contributed by atoms with Gasteiger partial charge in [-0.2, -0.15) is 0 Å². The second kappa shape index (κ2) is 5.13. The number of hydrogen-bond donors (Lipinski definition) is 2. The molecule has 3 N–H and O–H groups in total. The Morgan fingerprint density at radius 1 is 1.33 bits per heavy atom. The molecule has 2 aromatic rings. The first-order chi connectivity index (χ1) is 8.70. The van der Waals surface area contributed by atoms with Gasteiger partial charge in [-0.1, -0.05) is 0 Å². The maximum absolute atomic E-state index is 11.9. The number of methoxy groups -OCH3 is 1. The molecule has 0 aliphatic heterocycles. The summed E-state index contributed by atoms with van der Waals surface area (Å²) in [5.74, 6) is 0.00240. The van der Waals surface area contributed by atoms with Gasteiger partial charge in [0.05, 0.1) is 19.0 Å². The molecule has 0 saturated carbocycles. The van der Waals surface area contributed by atoms with Crippen LogP contribution < -0.4 is 15.8 Å². The van der Waals surface area contributed by atoms with Crippen molar-refractivity contribution in [1.29, 1.82) is 0 Å². The molecule has 0 saturated heterocycles. The van der Waals surface area contributed by atoms with Gasteiger partial charge in [0.25, 0.3) is 5.91 Å². The molecule has 6 nitrogen and oxygen atoms in total. The number of carbonyl (C=O) groups excluding carboxylic acids is 1. The number of nitrogen functional groups attached to an aromatic ring is 1. The van der Waals surface area contributed by atoms with E-state index in [2.05, 4.69) is 15.3 Å². The predicted octanol–water partition coefficient (Wildman–Crippen LogP) is 1.32. The summed E-state index contributed by atoms with van der Waals surface area (Å²) in [4.78, 5) is 19.8. The molecule has 0 aromatic carbocycles. The third kappa shape index (κ3) is 2.54. The lowest BCUT2D eigenvalue weighted by atomic mass is 10.3. The van der Waals surface area contributed by atoms with Crippen molar-refractivity contribution in [3.63, 3.8) is 0 Å². The number of rotatable bonds is 3. The van der Waals surface area contributed by atoms with E-state index in [0.29, 0.717) is 17.3 Å². The van der Waals surface area contributed by atoms with E-state index in [1.54, 1.807) is 30.5 Å². The average molecular weight is 244 g/mol. The Morgan fingerprint density at radius 2 is 2.17 bits per heavy atom. The van der Waals surface area contributed by atoms with Gasteiger partial charge in [-0.25, -0.2) is 9.97 Å². The van der Waals surface area contributed by atoms with Gasteiger partial charge in [-0.3, -0.25) is 4.79 Å². The van der Waals surface area contributed by atoms with E-state index < -0.39 is 0 Å². The second-order valence-electron chi connectivity index (χ2n) is 3.49. The standard InChI is InChI=1S/C12H12N4O2/c1-18-12-10(3-2-6-14-12)16-11(17)9-5-4-8(13)7-15-9/h2-7H,13H2,1H3,(H,16,17). The van der Waals surface area contributed by atoms with Crippen LogP contribution in [0.1, 0.15) is 10.5 Å². The number of anilines is 2. The van der Waals surface area contributed by atoms with Gasteiger partial charge in [0.2, 0.25) is 5.88 Å². The Morgan fingerprint density at radius 3 is 2.83 bits per heavy atom. The molecule has 0 fully saturated rings.